The van der Waals surface area contributed by atoms with Gasteiger partial charge in [-0.05, 0) is 36.7 Å². The van der Waals surface area contributed by atoms with Crippen molar-refractivity contribution < 1.29 is 10.0 Å². The maximum Gasteiger partial charge on any atom is 0.223 e. The van der Waals surface area contributed by atoms with Crippen LogP contribution in [0.2, 0.25) is 0 Å². The molecule has 2 aliphatic carbocycles. The molecule has 4 N–H and O–H groups in total. The third-order valence-electron chi connectivity index (χ3n) is 4.44. The van der Waals surface area contributed by atoms with Gasteiger partial charge in [-0.15, -0.1) is 0 Å². The molecule has 0 aliphatic heterocycles. The van der Waals surface area contributed by atoms with Crippen molar-refractivity contribution in [2.75, 3.05) is 0 Å². The molecule has 0 aromatic heterocycles. The van der Waals surface area contributed by atoms with E-state index in [1.54, 1.807) is 12.1 Å². The van der Waals surface area contributed by atoms with Gasteiger partial charge >= 0.3 is 0 Å². The van der Waals surface area contributed by atoms with Crippen LogP contribution in [0.5, 0.6) is 0 Å². The highest BCUT2D eigenvalue weighted by molar-refractivity contribution is 5.96. The van der Waals surface area contributed by atoms with E-state index in [-0.39, 0.29) is 17.7 Å². The van der Waals surface area contributed by atoms with E-state index in [9.17, 15) is 4.79 Å². The third kappa shape index (κ3) is 2.61. The fourth-order valence-corrected chi connectivity index (χ4v) is 3.11. The quantitative estimate of drug-likeness (QED) is 0.336. The van der Waals surface area contributed by atoms with Crippen molar-refractivity contribution in [2.24, 2.45) is 28.6 Å². The second-order valence-corrected chi connectivity index (χ2v) is 5.82. The molecule has 3 rings (SSSR count). The highest BCUT2D eigenvalue weighted by atomic mass is 16.4. The van der Waals surface area contributed by atoms with Crippen molar-refractivity contribution in [3.63, 3.8) is 0 Å². The number of fused-ring (bicyclic) bond motifs is 1. The number of oxime groups is 1. The second kappa shape index (κ2) is 5.15. The van der Waals surface area contributed by atoms with Gasteiger partial charge in [0.2, 0.25) is 5.91 Å². The molecule has 5 heteroatoms. The van der Waals surface area contributed by atoms with Gasteiger partial charge in [0.1, 0.15) is 0 Å². The van der Waals surface area contributed by atoms with Crippen molar-refractivity contribution in [1.82, 2.24) is 5.32 Å². The maximum absolute atomic E-state index is 12.0. The number of carbonyl (C=O) groups excluding carboxylic acids is 1. The van der Waals surface area contributed by atoms with Crippen molar-refractivity contribution in [3.8, 4) is 0 Å². The Kier molecular flexibility index (Phi) is 3.34. The van der Waals surface area contributed by atoms with Gasteiger partial charge < -0.3 is 16.3 Å². The second-order valence-electron chi connectivity index (χ2n) is 5.82. The Bertz CT molecular complexity index is 529. The van der Waals surface area contributed by atoms with Crippen LogP contribution in [0.3, 0.4) is 0 Å². The van der Waals surface area contributed by atoms with Gasteiger partial charge in [-0.1, -0.05) is 29.4 Å². The van der Waals surface area contributed by atoms with E-state index < -0.39 is 0 Å². The summed E-state index contributed by atoms with van der Waals surface area (Å²) < 4.78 is 0. The summed E-state index contributed by atoms with van der Waals surface area (Å²) in [7, 11) is 0. The number of nitrogens with one attached hydrogen (secondary N) is 1. The van der Waals surface area contributed by atoms with Crippen molar-refractivity contribution in [2.45, 2.75) is 25.8 Å². The minimum Gasteiger partial charge on any atom is -0.409 e. The van der Waals surface area contributed by atoms with Crippen LogP contribution >= 0.6 is 0 Å². The largest absolute Gasteiger partial charge is 0.409 e. The van der Waals surface area contributed by atoms with Gasteiger partial charge in [0.15, 0.2) is 5.84 Å². The molecule has 2 unspecified atom stereocenters. The summed E-state index contributed by atoms with van der Waals surface area (Å²) in [5, 5.41) is 14.5. The number of rotatable bonds is 4. The van der Waals surface area contributed by atoms with Crippen LogP contribution in [0.15, 0.2) is 29.4 Å². The van der Waals surface area contributed by atoms with E-state index in [0.29, 0.717) is 12.1 Å². The summed E-state index contributed by atoms with van der Waals surface area (Å²) in [5.74, 6) is 2.13. The number of hydrogen-bond donors (Lipinski definition) is 3. The SMILES string of the molecule is N/C(=N/O)c1ccc(CNC(=O)C2CC3CC3C2)cc1. The van der Waals surface area contributed by atoms with Crippen LogP contribution in [0.1, 0.15) is 30.4 Å². The Hall–Kier alpha value is -2.04. The summed E-state index contributed by atoms with van der Waals surface area (Å²) in [6.07, 6.45) is 3.47. The number of nitrogens with zero attached hydrogens (tertiary/aromatic N) is 1. The first-order valence-corrected chi connectivity index (χ1v) is 7.02. The molecule has 0 saturated heterocycles. The molecule has 0 spiro atoms. The molecule has 106 valence electrons. The molecule has 1 aromatic rings. The van der Waals surface area contributed by atoms with Crippen molar-refractivity contribution in [1.29, 1.82) is 0 Å². The minimum absolute atomic E-state index is 0.0887. The number of nitrogens with two attached hydrogens (primary N) is 1. The Labute approximate surface area is 117 Å². The first-order valence-electron chi connectivity index (χ1n) is 7.02. The third-order valence-corrected chi connectivity index (χ3v) is 4.44. The zero-order valence-corrected chi connectivity index (χ0v) is 11.2. The molecule has 5 nitrogen and oxygen atoms in total. The summed E-state index contributed by atoms with van der Waals surface area (Å²) in [4.78, 5) is 12.0. The predicted molar refractivity (Wildman–Crippen MR) is 75.1 cm³/mol. The van der Waals surface area contributed by atoms with Crippen LogP contribution in [0.4, 0.5) is 0 Å². The van der Waals surface area contributed by atoms with Crippen LogP contribution in [-0.4, -0.2) is 17.0 Å². The molecule has 2 saturated carbocycles. The average Bonchev–Trinajstić information content (AvgIpc) is 3.10. The molecule has 2 aliphatic rings. The summed E-state index contributed by atoms with van der Waals surface area (Å²) in [5.41, 5.74) is 7.17. The Morgan fingerprint density at radius 3 is 2.50 bits per heavy atom. The lowest BCUT2D eigenvalue weighted by molar-refractivity contribution is -0.125. The molecule has 0 bridgehead atoms. The fourth-order valence-electron chi connectivity index (χ4n) is 3.11. The number of hydrogen-bond acceptors (Lipinski definition) is 3. The molecule has 1 aromatic carbocycles. The summed E-state index contributed by atoms with van der Waals surface area (Å²) in [6.45, 7) is 0.529. The van der Waals surface area contributed by atoms with E-state index in [1.165, 1.54) is 6.42 Å². The van der Waals surface area contributed by atoms with Gasteiger partial charge in [-0.2, -0.15) is 0 Å². The first-order chi connectivity index (χ1) is 9.67. The van der Waals surface area contributed by atoms with E-state index in [0.717, 1.165) is 30.2 Å². The van der Waals surface area contributed by atoms with Crippen LogP contribution in [0, 0.1) is 17.8 Å². The molecule has 0 radical (unpaired) electrons. The first kappa shape index (κ1) is 13.0. The normalized spacial score (nSPS) is 28.0. The zero-order chi connectivity index (χ0) is 14.1. The summed E-state index contributed by atoms with van der Waals surface area (Å²) in [6, 6.07) is 7.31. The number of carbonyl (C=O) groups is 1. The van der Waals surface area contributed by atoms with Gasteiger partial charge in [0, 0.05) is 18.0 Å². The monoisotopic (exact) mass is 273 g/mol. The van der Waals surface area contributed by atoms with E-state index in [2.05, 4.69) is 10.5 Å². The van der Waals surface area contributed by atoms with Crippen LogP contribution in [-0.2, 0) is 11.3 Å². The molecular formula is C15H19N3O2. The minimum atomic E-state index is 0.0887. The molecule has 20 heavy (non-hydrogen) atoms. The number of amides is 1. The lowest BCUT2D eigenvalue weighted by Crippen LogP contribution is -2.29. The Balaban J connectivity index is 1.51. The molecule has 1 amide bonds. The standard InChI is InChI=1S/C15H19N3O2/c16-14(18-20)10-3-1-9(2-4-10)8-17-15(19)13-6-11-5-12(11)7-13/h1-4,11-13,20H,5-8H2,(H2,16,18)(H,17,19). The van der Waals surface area contributed by atoms with Crippen LogP contribution < -0.4 is 11.1 Å². The lowest BCUT2D eigenvalue weighted by atomic mass is 10.0. The van der Waals surface area contributed by atoms with Gasteiger partial charge in [0.25, 0.3) is 0 Å². The summed E-state index contributed by atoms with van der Waals surface area (Å²) >= 11 is 0. The highest BCUT2D eigenvalue weighted by Crippen LogP contribution is 2.54. The Morgan fingerprint density at radius 2 is 1.90 bits per heavy atom. The van der Waals surface area contributed by atoms with E-state index in [4.69, 9.17) is 10.9 Å². The number of benzene rings is 1. The van der Waals surface area contributed by atoms with Gasteiger partial charge in [-0.3, -0.25) is 4.79 Å². The van der Waals surface area contributed by atoms with E-state index >= 15 is 0 Å². The lowest BCUT2D eigenvalue weighted by Gasteiger charge is -2.12. The van der Waals surface area contributed by atoms with Gasteiger partial charge in [0.05, 0.1) is 0 Å². The highest BCUT2D eigenvalue weighted by Gasteiger charge is 2.47. The smallest absolute Gasteiger partial charge is 0.223 e. The van der Waals surface area contributed by atoms with Crippen LogP contribution in [0.25, 0.3) is 0 Å². The average molecular weight is 273 g/mol. The van der Waals surface area contributed by atoms with E-state index in [1.807, 2.05) is 12.1 Å². The zero-order valence-electron chi connectivity index (χ0n) is 11.2. The fraction of sp³-hybridized carbons (Fsp3) is 0.467. The van der Waals surface area contributed by atoms with Gasteiger partial charge in [-0.25, -0.2) is 0 Å². The molecule has 2 fully saturated rings. The molecular weight excluding hydrogens is 254 g/mol. The van der Waals surface area contributed by atoms with Crippen molar-refractivity contribution >= 4 is 11.7 Å². The maximum atomic E-state index is 12.0. The predicted octanol–water partition coefficient (Wildman–Crippen LogP) is 1.44. The Morgan fingerprint density at radius 1 is 1.25 bits per heavy atom. The molecule has 2 atom stereocenters. The van der Waals surface area contributed by atoms with Crippen molar-refractivity contribution in [3.05, 3.63) is 35.4 Å². The number of amidine groups is 1. The molecule has 0 heterocycles. The topological polar surface area (TPSA) is 87.7 Å².